The third-order valence-electron chi connectivity index (χ3n) is 2.16. The molecule has 2 nitrogen and oxygen atoms in total. The van der Waals surface area contributed by atoms with Crippen molar-refractivity contribution in [3.63, 3.8) is 0 Å². The Kier molecular flexibility index (Phi) is 6.44. The normalized spacial score (nSPS) is 10.9. The summed E-state index contributed by atoms with van der Waals surface area (Å²) in [5.74, 6) is 0. The molecule has 0 bridgehead atoms. The molecule has 0 heterocycles. The molecule has 3 heteroatoms. The van der Waals surface area contributed by atoms with Gasteiger partial charge in [-0.1, -0.05) is 24.3 Å². The highest BCUT2D eigenvalue weighted by molar-refractivity contribution is 5.85. The summed E-state index contributed by atoms with van der Waals surface area (Å²) in [6.45, 7) is 3.65. The summed E-state index contributed by atoms with van der Waals surface area (Å²) in [7, 11) is 0. The van der Waals surface area contributed by atoms with Crippen molar-refractivity contribution in [3.05, 3.63) is 48.0 Å². The van der Waals surface area contributed by atoms with E-state index >= 15 is 0 Å². The van der Waals surface area contributed by atoms with Crippen molar-refractivity contribution >= 4 is 12.4 Å². The molecule has 2 N–H and O–H groups in total. The van der Waals surface area contributed by atoms with E-state index in [9.17, 15) is 0 Å². The molecule has 0 aliphatic rings. The molecule has 0 aliphatic carbocycles. The third-order valence-corrected chi connectivity index (χ3v) is 2.16. The summed E-state index contributed by atoms with van der Waals surface area (Å²) < 4.78 is 0. The van der Waals surface area contributed by atoms with Gasteiger partial charge < -0.3 is 5.73 Å². The number of halogens is 1. The highest BCUT2D eigenvalue weighted by atomic mass is 35.5. The average Bonchev–Trinajstić information content (AvgIpc) is 2.25. The van der Waals surface area contributed by atoms with Crippen molar-refractivity contribution < 1.29 is 0 Å². The Hall–Kier alpha value is -1.30. The summed E-state index contributed by atoms with van der Waals surface area (Å²) in [4.78, 5) is 0. The first-order valence-corrected chi connectivity index (χ1v) is 4.65. The van der Waals surface area contributed by atoms with E-state index in [0.717, 1.165) is 18.4 Å². The molecule has 0 unspecified atom stereocenters. The van der Waals surface area contributed by atoms with Crippen molar-refractivity contribution in [2.24, 2.45) is 5.73 Å². The minimum absolute atomic E-state index is 0. The largest absolute Gasteiger partial charge is 0.324 e. The van der Waals surface area contributed by atoms with Gasteiger partial charge in [0.1, 0.15) is 0 Å². The summed E-state index contributed by atoms with van der Waals surface area (Å²) >= 11 is 0. The molecule has 0 radical (unpaired) electrons. The molecule has 1 rings (SSSR count). The second-order valence-electron chi connectivity index (χ2n) is 3.17. The lowest BCUT2D eigenvalue weighted by atomic mass is 9.98. The van der Waals surface area contributed by atoms with Gasteiger partial charge in [-0.05, 0) is 24.5 Å². The zero-order valence-electron chi connectivity index (χ0n) is 8.52. The predicted octanol–water partition coefficient (Wildman–Crippen LogP) is 2.95. The van der Waals surface area contributed by atoms with E-state index < -0.39 is 0 Å². The number of rotatable bonds is 4. The molecular weight excluding hydrogens is 208 g/mol. The van der Waals surface area contributed by atoms with Crippen LogP contribution < -0.4 is 5.73 Å². The van der Waals surface area contributed by atoms with E-state index in [1.165, 1.54) is 0 Å². The van der Waals surface area contributed by atoms with Gasteiger partial charge in [-0.25, -0.2) is 0 Å². The molecule has 0 saturated carbocycles. The van der Waals surface area contributed by atoms with Crippen LogP contribution in [0, 0.1) is 11.3 Å². The Morgan fingerprint density at radius 3 is 2.73 bits per heavy atom. The van der Waals surface area contributed by atoms with Gasteiger partial charge in [0.2, 0.25) is 0 Å². The van der Waals surface area contributed by atoms with Crippen LogP contribution in [0.3, 0.4) is 0 Å². The molecule has 0 saturated heterocycles. The van der Waals surface area contributed by atoms with Gasteiger partial charge in [-0.15, -0.1) is 19.0 Å². The summed E-state index contributed by atoms with van der Waals surface area (Å²) in [6, 6.07) is 9.54. The molecular formula is C12H15ClN2. The van der Waals surface area contributed by atoms with Gasteiger partial charge in [0, 0.05) is 6.04 Å². The topological polar surface area (TPSA) is 49.8 Å². The molecule has 0 fully saturated rings. The first kappa shape index (κ1) is 13.7. The van der Waals surface area contributed by atoms with Crippen LogP contribution in [0.5, 0.6) is 0 Å². The minimum Gasteiger partial charge on any atom is -0.324 e. The smallest absolute Gasteiger partial charge is 0.0995 e. The van der Waals surface area contributed by atoms with Crippen LogP contribution in [-0.2, 0) is 0 Å². The molecule has 80 valence electrons. The van der Waals surface area contributed by atoms with E-state index in [4.69, 9.17) is 11.0 Å². The first-order chi connectivity index (χ1) is 6.79. The quantitative estimate of drug-likeness (QED) is 0.797. The molecule has 0 amide bonds. The Morgan fingerprint density at radius 2 is 2.13 bits per heavy atom. The fraction of sp³-hybridized carbons (Fsp3) is 0.250. The van der Waals surface area contributed by atoms with E-state index in [0.29, 0.717) is 5.56 Å². The Balaban J connectivity index is 0.00000196. The lowest BCUT2D eigenvalue weighted by Crippen LogP contribution is -2.11. The average molecular weight is 223 g/mol. The zero-order valence-corrected chi connectivity index (χ0v) is 9.33. The van der Waals surface area contributed by atoms with Crippen molar-refractivity contribution in [1.29, 1.82) is 5.26 Å². The van der Waals surface area contributed by atoms with Crippen LogP contribution >= 0.6 is 12.4 Å². The number of nitrogens with zero attached hydrogens (tertiary/aromatic N) is 1. The van der Waals surface area contributed by atoms with Gasteiger partial charge in [0.15, 0.2) is 0 Å². The van der Waals surface area contributed by atoms with E-state index in [1.807, 2.05) is 24.3 Å². The van der Waals surface area contributed by atoms with Gasteiger partial charge in [-0.2, -0.15) is 5.26 Å². The molecule has 1 atom stereocenters. The van der Waals surface area contributed by atoms with E-state index in [2.05, 4.69) is 12.6 Å². The van der Waals surface area contributed by atoms with Gasteiger partial charge in [0.05, 0.1) is 11.6 Å². The van der Waals surface area contributed by atoms with Crippen LogP contribution in [-0.4, -0.2) is 0 Å². The SMILES string of the molecule is C=CCC[C@@H](N)c1ccccc1C#N.Cl. The highest BCUT2D eigenvalue weighted by Gasteiger charge is 2.08. The monoisotopic (exact) mass is 222 g/mol. The lowest BCUT2D eigenvalue weighted by Gasteiger charge is -2.11. The van der Waals surface area contributed by atoms with Gasteiger partial charge >= 0.3 is 0 Å². The van der Waals surface area contributed by atoms with Crippen molar-refractivity contribution in [1.82, 2.24) is 0 Å². The highest BCUT2D eigenvalue weighted by Crippen LogP contribution is 2.19. The van der Waals surface area contributed by atoms with Crippen molar-refractivity contribution in [2.45, 2.75) is 18.9 Å². The van der Waals surface area contributed by atoms with Crippen molar-refractivity contribution in [2.75, 3.05) is 0 Å². The Bertz CT molecular complexity index is 355. The first-order valence-electron chi connectivity index (χ1n) is 4.65. The predicted molar refractivity (Wildman–Crippen MR) is 64.8 cm³/mol. The van der Waals surface area contributed by atoms with Crippen LogP contribution in [0.25, 0.3) is 0 Å². The van der Waals surface area contributed by atoms with E-state index in [-0.39, 0.29) is 18.4 Å². The molecule has 0 spiro atoms. The maximum Gasteiger partial charge on any atom is 0.0995 e. The van der Waals surface area contributed by atoms with E-state index in [1.54, 1.807) is 6.07 Å². The second kappa shape index (κ2) is 7.05. The number of allylic oxidation sites excluding steroid dienone is 1. The number of nitriles is 1. The van der Waals surface area contributed by atoms with Crippen LogP contribution in [0.4, 0.5) is 0 Å². The van der Waals surface area contributed by atoms with Crippen LogP contribution in [0.2, 0.25) is 0 Å². The van der Waals surface area contributed by atoms with Gasteiger partial charge in [-0.3, -0.25) is 0 Å². The molecule has 15 heavy (non-hydrogen) atoms. The number of hydrogen-bond acceptors (Lipinski definition) is 2. The molecule has 0 aromatic heterocycles. The van der Waals surface area contributed by atoms with Crippen molar-refractivity contribution in [3.8, 4) is 6.07 Å². The standard InChI is InChI=1S/C12H14N2.ClH/c1-2-3-8-12(14)11-7-5-4-6-10(11)9-13;/h2,4-7,12H,1,3,8,14H2;1H/t12-;/m1./s1. The third kappa shape index (κ3) is 3.75. The van der Waals surface area contributed by atoms with Crippen LogP contribution in [0.1, 0.15) is 30.0 Å². The van der Waals surface area contributed by atoms with Crippen LogP contribution in [0.15, 0.2) is 36.9 Å². The number of benzene rings is 1. The zero-order chi connectivity index (χ0) is 10.4. The lowest BCUT2D eigenvalue weighted by molar-refractivity contribution is 0.660. The summed E-state index contributed by atoms with van der Waals surface area (Å²) in [5.41, 5.74) is 7.56. The maximum atomic E-state index is 8.87. The molecule has 1 aromatic carbocycles. The Labute approximate surface area is 96.8 Å². The number of hydrogen-bond donors (Lipinski definition) is 1. The second-order valence-corrected chi connectivity index (χ2v) is 3.17. The Morgan fingerprint density at radius 1 is 1.47 bits per heavy atom. The fourth-order valence-corrected chi connectivity index (χ4v) is 1.38. The summed E-state index contributed by atoms with van der Waals surface area (Å²) in [5, 5.41) is 8.87. The number of nitrogens with two attached hydrogens (primary N) is 1. The maximum absolute atomic E-state index is 8.87. The minimum atomic E-state index is -0.0659. The summed E-state index contributed by atoms with van der Waals surface area (Å²) in [6.07, 6.45) is 3.55. The molecule has 0 aliphatic heterocycles. The fourth-order valence-electron chi connectivity index (χ4n) is 1.38. The van der Waals surface area contributed by atoms with Gasteiger partial charge in [0.25, 0.3) is 0 Å². The molecule has 1 aromatic rings.